The Labute approximate surface area is 147 Å². The Balaban J connectivity index is 2.37. The van der Waals surface area contributed by atoms with Crippen LogP contribution in [-0.4, -0.2) is 24.1 Å². The summed E-state index contributed by atoms with van der Waals surface area (Å²) in [6, 6.07) is 13.7. The second kappa shape index (κ2) is 7.94. The molecule has 0 saturated carbocycles. The molecule has 25 heavy (non-hydrogen) atoms. The van der Waals surface area contributed by atoms with Gasteiger partial charge in [0.1, 0.15) is 11.5 Å². The van der Waals surface area contributed by atoms with Crippen molar-refractivity contribution in [1.29, 1.82) is 0 Å². The molecule has 0 aliphatic rings. The number of carbonyl (C=O) groups excluding carboxylic acids is 2. The predicted molar refractivity (Wildman–Crippen MR) is 94.2 cm³/mol. The predicted octanol–water partition coefficient (Wildman–Crippen LogP) is 4.26. The first-order valence-electron chi connectivity index (χ1n) is 8.08. The molecule has 2 aromatic carbocycles. The second-order valence-corrected chi connectivity index (χ2v) is 5.60. The number of Topliss-reactive ketones (excluding diaryl/α,β-unsaturated/α-hetero) is 2. The van der Waals surface area contributed by atoms with E-state index in [-0.39, 0.29) is 11.6 Å². The molecule has 0 aromatic heterocycles. The van der Waals surface area contributed by atoms with Gasteiger partial charge < -0.3 is 14.2 Å². The van der Waals surface area contributed by atoms with E-state index in [0.717, 1.165) is 0 Å². The fourth-order valence-electron chi connectivity index (χ4n) is 2.43. The zero-order valence-electron chi connectivity index (χ0n) is 14.9. The van der Waals surface area contributed by atoms with Crippen LogP contribution in [0.25, 0.3) is 0 Å². The van der Waals surface area contributed by atoms with Crippen molar-refractivity contribution in [3.8, 4) is 11.5 Å². The van der Waals surface area contributed by atoms with Crippen molar-refractivity contribution in [2.45, 2.75) is 33.7 Å². The van der Waals surface area contributed by atoms with E-state index < -0.39 is 5.97 Å². The van der Waals surface area contributed by atoms with E-state index in [1.807, 2.05) is 0 Å². The normalized spacial score (nSPS) is 11.0. The fraction of sp³-hybridized carbons (Fsp3) is 0.300. The summed E-state index contributed by atoms with van der Waals surface area (Å²) in [4.78, 5) is 23.6. The summed E-state index contributed by atoms with van der Waals surface area (Å²) in [5.74, 6) is -1.04. The van der Waals surface area contributed by atoms with Gasteiger partial charge in [0.25, 0.3) is 0 Å². The first-order chi connectivity index (χ1) is 11.9. The third-order valence-electron chi connectivity index (χ3n) is 3.53. The van der Waals surface area contributed by atoms with Gasteiger partial charge in [-0.1, -0.05) is 24.3 Å². The molecule has 0 atom stereocenters. The van der Waals surface area contributed by atoms with Gasteiger partial charge in [0.2, 0.25) is 0 Å². The highest BCUT2D eigenvalue weighted by Gasteiger charge is 2.32. The van der Waals surface area contributed by atoms with Crippen LogP contribution in [0.4, 0.5) is 0 Å². The summed E-state index contributed by atoms with van der Waals surface area (Å²) in [7, 11) is 0. The van der Waals surface area contributed by atoms with Gasteiger partial charge in [-0.15, -0.1) is 0 Å². The molecule has 0 bridgehead atoms. The molecule has 0 heterocycles. The quantitative estimate of drug-likeness (QED) is 0.530. The van der Waals surface area contributed by atoms with Gasteiger partial charge in [-0.25, -0.2) is 0 Å². The molecule has 0 aliphatic carbocycles. The lowest BCUT2D eigenvalue weighted by Crippen LogP contribution is -2.42. The molecule has 0 saturated heterocycles. The molecule has 0 N–H and O–H groups in total. The summed E-state index contributed by atoms with van der Waals surface area (Å²) in [6.45, 7) is 6.66. The number of hydrogen-bond acceptors (Lipinski definition) is 5. The standard InChI is InChI=1S/C20H22O5/c1-5-23-20(4,24-18-12-8-6-10-16(18)14(2)21)25-19-13-9-7-11-17(19)15(3)22/h6-13H,5H2,1-4H3. The summed E-state index contributed by atoms with van der Waals surface area (Å²) in [5.41, 5.74) is 0.855. The number of benzene rings is 2. The van der Waals surface area contributed by atoms with Crippen molar-refractivity contribution in [3.63, 3.8) is 0 Å². The third kappa shape index (κ3) is 4.67. The van der Waals surface area contributed by atoms with Gasteiger partial charge in [0.05, 0.1) is 17.7 Å². The SMILES string of the molecule is CCOC(C)(Oc1ccccc1C(C)=O)Oc1ccccc1C(C)=O. The summed E-state index contributed by atoms with van der Waals surface area (Å²) < 4.78 is 17.4. The largest absolute Gasteiger partial charge is 0.429 e. The van der Waals surface area contributed by atoms with Gasteiger partial charge in [0.15, 0.2) is 11.6 Å². The molecule has 5 nitrogen and oxygen atoms in total. The van der Waals surface area contributed by atoms with Crippen LogP contribution in [0.1, 0.15) is 48.4 Å². The molecule has 2 rings (SSSR count). The van der Waals surface area contributed by atoms with E-state index in [1.54, 1.807) is 62.4 Å². The lowest BCUT2D eigenvalue weighted by molar-refractivity contribution is -0.287. The molecule has 132 valence electrons. The first-order valence-corrected chi connectivity index (χ1v) is 8.08. The molecule has 2 aromatic rings. The average molecular weight is 342 g/mol. The van der Waals surface area contributed by atoms with E-state index in [1.165, 1.54) is 13.8 Å². The Morgan fingerprint density at radius 3 is 1.60 bits per heavy atom. The van der Waals surface area contributed by atoms with Gasteiger partial charge in [-0.05, 0) is 45.0 Å². The fourth-order valence-corrected chi connectivity index (χ4v) is 2.43. The van der Waals surface area contributed by atoms with E-state index in [9.17, 15) is 9.59 Å². The molecule has 5 heteroatoms. The Kier molecular flexibility index (Phi) is 5.93. The minimum Gasteiger partial charge on any atom is -0.429 e. The van der Waals surface area contributed by atoms with Crippen LogP contribution in [0.15, 0.2) is 48.5 Å². The zero-order chi connectivity index (χ0) is 18.4. The van der Waals surface area contributed by atoms with E-state index in [4.69, 9.17) is 14.2 Å². The van der Waals surface area contributed by atoms with E-state index in [0.29, 0.717) is 29.2 Å². The molecule has 0 radical (unpaired) electrons. The number of para-hydroxylation sites is 2. The molecule has 0 amide bonds. The van der Waals surface area contributed by atoms with Crippen LogP contribution >= 0.6 is 0 Å². The minimum absolute atomic E-state index is 0.126. The van der Waals surface area contributed by atoms with Crippen LogP contribution in [0.3, 0.4) is 0 Å². The van der Waals surface area contributed by atoms with E-state index in [2.05, 4.69) is 0 Å². The molecule has 0 aliphatic heterocycles. The Morgan fingerprint density at radius 1 is 0.840 bits per heavy atom. The maximum absolute atomic E-state index is 11.8. The van der Waals surface area contributed by atoms with Crippen molar-refractivity contribution < 1.29 is 23.8 Å². The Bertz CT molecular complexity index is 707. The molecular weight excluding hydrogens is 320 g/mol. The average Bonchev–Trinajstić information content (AvgIpc) is 2.55. The van der Waals surface area contributed by atoms with E-state index >= 15 is 0 Å². The third-order valence-corrected chi connectivity index (χ3v) is 3.53. The van der Waals surface area contributed by atoms with Crippen LogP contribution in [0, 0.1) is 0 Å². The highest BCUT2D eigenvalue weighted by atomic mass is 16.9. The van der Waals surface area contributed by atoms with Crippen LogP contribution in [0.2, 0.25) is 0 Å². The molecule has 0 unspecified atom stereocenters. The van der Waals surface area contributed by atoms with Gasteiger partial charge in [-0.2, -0.15) is 0 Å². The summed E-state index contributed by atoms with van der Waals surface area (Å²) in [5, 5.41) is 0. The number of ether oxygens (including phenoxy) is 3. The Hall–Kier alpha value is -2.66. The number of ketones is 2. The maximum atomic E-state index is 11.8. The van der Waals surface area contributed by atoms with Crippen molar-refractivity contribution >= 4 is 11.6 Å². The summed E-state index contributed by atoms with van der Waals surface area (Å²) in [6.07, 6.45) is 0. The Morgan fingerprint density at radius 2 is 1.24 bits per heavy atom. The second-order valence-electron chi connectivity index (χ2n) is 5.60. The highest BCUT2D eigenvalue weighted by molar-refractivity contribution is 5.97. The van der Waals surface area contributed by atoms with Crippen molar-refractivity contribution in [3.05, 3.63) is 59.7 Å². The number of carbonyl (C=O) groups is 2. The maximum Gasteiger partial charge on any atom is 0.368 e. The topological polar surface area (TPSA) is 61.8 Å². The highest BCUT2D eigenvalue weighted by Crippen LogP contribution is 2.29. The van der Waals surface area contributed by atoms with Crippen LogP contribution in [0.5, 0.6) is 11.5 Å². The molecule has 0 spiro atoms. The first kappa shape index (κ1) is 18.7. The van der Waals surface area contributed by atoms with Crippen molar-refractivity contribution in [2.75, 3.05) is 6.61 Å². The number of hydrogen-bond donors (Lipinski definition) is 0. The van der Waals surface area contributed by atoms with Crippen molar-refractivity contribution in [1.82, 2.24) is 0 Å². The smallest absolute Gasteiger partial charge is 0.368 e. The molecule has 0 fully saturated rings. The van der Waals surface area contributed by atoms with Crippen LogP contribution < -0.4 is 9.47 Å². The van der Waals surface area contributed by atoms with Crippen LogP contribution in [-0.2, 0) is 4.74 Å². The lowest BCUT2D eigenvalue weighted by atomic mass is 10.1. The number of rotatable bonds is 8. The monoisotopic (exact) mass is 342 g/mol. The summed E-state index contributed by atoms with van der Waals surface area (Å²) >= 11 is 0. The minimum atomic E-state index is -1.49. The molecular formula is C20H22O5. The zero-order valence-corrected chi connectivity index (χ0v) is 14.9. The van der Waals surface area contributed by atoms with Gasteiger partial charge in [-0.3, -0.25) is 9.59 Å². The lowest BCUT2D eigenvalue weighted by Gasteiger charge is -2.31. The van der Waals surface area contributed by atoms with Gasteiger partial charge in [0, 0.05) is 6.92 Å². The van der Waals surface area contributed by atoms with Gasteiger partial charge >= 0.3 is 5.97 Å². The van der Waals surface area contributed by atoms with Crippen molar-refractivity contribution in [2.24, 2.45) is 0 Å².